The van der Waals surface area contributed by atoms with E-state index in [0.29, 0.717) is 52.2 Å². The normalized spacial score (nSPS) is 16.1. The van der Waals surface area contributed by atoms with Gasteiger partial charge in [0.15, 0.2) is 17.3 Å². The molecule has 0 spiro atoms. The minimum absolute atomic E-state index is 0.0548. The number of rotatable bonds is 12. The van der Waals surface area contributed by atoms with Gasteiger partial charge in [-0.15, -0.1) is 0 Å². The Labute approximate surface area is 249 Å². The molecule has 0 radical (unpaired) electrons. The Morgan fingerprint density at radius 3 is 2.43 bits per heavy atom. The predicted molar refractivity (Wildman–Crippen MR) is 166 cm³/mol. The molecule has 2 aliphatic rings. The quantitative estimate of drug-likeness (QED) is 0.195. The van der Waals surface area contributed by atoms with Crippen LogP contribution >= 0.6 is 11.8 Å². The number of aliphatic imine (C=N–C) groups is 1. The highest BCUT2D eigenvalue weighted by Crippen LogP contribution is 2.32. The van der Waals surface area contributed by atoms with Crippen LogP contribution in [0.3, 0.4) is 0 Å². The first-order chi connectivity index (χ1) is 20.4. The predicted octanol–water partition coefficient (Wildman–Crippen LogP) is 6.36. The van der Waals surface area contributed by atoms with E-state index in [1.807, 2.05) is 42.5 Å². The molecule has 3 aromatic carbocycles. The van der Waals surface area contributed by atoms with Gasteiger partial charge in [0.2, 0.25) is 5.17 Å². The largest absolute Gasteiger partial charge is 0.493 e. The Kier molecular flexibility index (Phi) is 9.23. The lowest BCUT2D eigenvalue weighted by molar-refractivity contribution is -0.114. The lowest BCUT2D eigenvalue weighted by atomic mass is 9.99. The van der Waals surface area contributed by atoms with Crippen LogP contribution in [0.5, 0.6) is 23.0 Å². The first kappa shape index (κ1) is 28.9. The minimum atomic E-state index is -0.507. The number of nitrogens with one attached hydrogen (secondary N) is 1. The molecule has 5 rings (SSSR count). The fraction of sp³-hybridized carbons (Fsp3) is 0.250. The molecule has 0 aliphatic carbocycles. The molecule has 9 nitrogen and oxygen atoms in total. The zero-order valence-corrected chi connectivity index (χ0v) is 24.5. The van der Waals surface area contributed by atoms with Crippen molar-refractivity contribution < 1.29 is 23.7 Å². The number of methoxy groups -OCH3 is 1. The number of ether oxygens (including phenoxy) is 4. The topological polar surface area (TPSA) is 106 Å². The second-order valence-corrected chi connectivity index (χ2v) is 10.6. The number of carbonyl (C=O) groups is 1. The third-order valence-electron chi connectivity index (χ3n) is 6.77. The van der Waals surface area contributed by atoms with E-state index in [2.05, 4.69) is 36.1 Å². The van der Waals surface area contributed by atoms with E-state index < -0.39 is 5.91 Å². The average molecular weight is 585 g/mol. The number of para-hydroxylation sites is 1. The van der Waals surface area contributed by atoms with Crippen molar-refractivity contribution >= 4 is 39.8 Å². The number of hydrogen-bond donors (Lipinski definition) is 1. The molecule has 1 unspecified atom stereocenters. The highest BCUT2D eigenvalue weighted by molar-refractivity contribution is 8.27. The molecule has 42 heavy (non-hydrogen) atoms. The smallest absolute Gasteiger partial charge is 0.283 e. The van der Waals surface area contributed by atoms with E-state index in [1.165, 1.54) is 22.3 Å². The fourth-order valence-electron chi connectivity index (χ4n) is 4.25. The van der Waals surface area contributed by atoms with Crippen LogP contribution in [0.25, 0.3) is 6.08 Å². The summed E-state index contributed by atoms with van der Waals surface area (Å²) < 4.78 is 23.0. The molecule has 10 heteroatoms. The summed E-state index contributed by atoms with van der Waals surface area (Å²) in [5, 5.41) is 15.4. The second kappa shape index (κ2) is 13.4. The maximum absolute atomic E-state index is 12.8. The van der Waals surface area contributed by atoms with E-state index in [9.17, 15) is 4.79 Å². The van der Waals surface area contributed by atoms with E-state index in [0.717, 1.165) is 12.2 Å². The number of benzene rings is 3. The van der Waals surface area contributed by atoms with Crippen molar-refractivity contribution in [2.75, 3.05) is 26.9 Å². The average Bonchev–Trinajstić information content (AvgIpc) is 3.44. The Hall–Kier alpha value is -4.57. The number of thioether (sulfide) groups is 1. The maximum atomic E-state index is 12.8. The summed E-state index contributed by atoms with van der Waals surface area (Å²) in [5.74, 6) is 2.50. The highest BCUT2D eigenvalue weighted by atomic mass is 32.2. The van der Waals surface area contributed by atoms with Crippen molar-refractivity contribution in [2.24, 2.45) is 10.1 Å². The Morgan fingerprint density at radius 2 is 1.69 bits per heavy atom. The van der Waals surface area contributed by atoms with Gasteiger partial charge >= 0.3 is 0 Å². The maximum Gasteiger partial charge on any atom is 0.283 e. The first-order valence-electron chi connectivity index (χ1n) is 13.7. The molecule has 3 aromatic rings. The summed E-state index contributed by atoms with van der Waals surface area (Å²) in [7, 11) is 1.55. The summed E-state index contributed by atoms with van der Waals surface area (Å²) in [6, 6.07) is 22.8. The number of carbonyl (C=O) groups excluding carboxylic acids is 1. The van der Waals surface area contributed by atoms with Crippen molar-refractivity contribution in [1.82, 2.24) is 5.01 Å². The van der Waals surface area contributed by atoms with Crippen LogP contribution in [0.15, 0.2) is 88.5 Å². The van der Waals surface area contributed by atoms with Crippen molar-refractivity contribution in [1.29, 1.82) is 5.41 Å². The van der Waals surface area contributed by atoms with Gasteiger partial charge in [-0.25, -0.2) is 0 Å². The monoisotopic (exact) mass is 584 g/mol. The molecule has 0 saturated carbocycles. The molecule has 0 aromatic heterocycles. The summed E-state index contributed by atoms with van der Waals surface area (Å²) in [4.78, 5) is 17.0. The van der Waals surface area contributed by atoms with Gasteiger partial charge < -0.3 is 18.9 Å². The van der Waals surface area contributed by atoms with Crippen LogP contribution in [0.2, 0.25) is 0 Å². The third-order valence-corrected chi connectivity index (χ3v) is 7.65. The van der Waals surface area contributed by atoms with Gasteiger partial charge in [-0.2, -0.15) is 15.1 Å². The Bertz CT molecular complexity index is 1540. The summed E-state index contributed by atoms with van der Waals surface area (Å²) >= 11 is 1.21. The van der Waals surface area contributed by atoms with Crippen LogP contribution in [0, 0.1) is 5.41 Å². The van der Waals surface area contributed by atoms with E-state index in [4.69, 9.17) is 24.4 Å². The van der Waals surface area contributed by atoms with Crippen LogP contribution in [0.1, 0.15) is 37.3 Å². The second-order valence-electron chi connectivity index (χ2n) is 9.60. The Balaban J connectivity index is 1.19. The van der Waals surface area contributed by atoms with Gasteiger partial charge in [-0.3, -0.25) is 10.2 Å². The van der Waals surface area contributed by atoms with Gasteiger partial charge in [0.25, 0.3) is 5.91 Å². The van der Waals surface area contributed by atoms with Gasteiger partial charge in [0, 0.05) is 0 Å². The van der Waals surface area contributed by atoms with Crippen molar-refractivity contribution in [3.63, 3.8) is 0 Å². The standard InChI is InChI=1S/C32H32N4O5S/c1-4-21(2)23-11-13-25(14-12-23)39-16-17-40-27-15-10-22(19-28(27)38-3)18-26-30(33)36-32(34-31(26)37)42-29(35-36)20-41-24-8-6-5-7-9-24/h5-15,18-19,21,33H,4,16-17,20H2,1-3H3. The molecule has 2 aliphatic heterocycles. The van der Waals surface area contributed by atoms with Crippen molar-refractivity contribution in [3.05, 3.63) is 89.5 Å². The molecule has 2 heterocycles. The van der Waals surface area contributed by atoms with E-state index in [-0.39, 0.29) is 18.0 Å². The number of hydrogen-bond acceptors (Lipinski definition) is 8. The SMILES string of the molecule is CCC(C)c1ccc(OCCOc2ccc(C=C3C(=N)N4N=C(COc5ccccc5)SC4=NC3=O)cc2OC)cc1. The van der Waals surface area contributed by atoms with Crippen molar-refractivity contribution in [2.45, 2.75) is 26.2 Å². The van der Waals surface area contributed by atoms with Gasteiger partial charge in [0.1, 0.15) is 36.4 Å². The van der Waals surface area contributed by atoms with Gasteiger partial charge in [0.05, 0.1) is 12.7 Å². The van der Waals surface area contributed by atoms with E-state index >= 15 is 0 Å². The van der Waals surface area contributed by atoms with Crippen LogP contribution < -0.4 is 18.9 Å². The highest BCUT2D eigenvalue weighted by Gasteiger charge is 2.35. The van der Waals surface area contributed by atoms with E-state index in [1.54, 1.807) is 31.4 Å². The number of amides is 1. The summed E-state index contributed by atoms with van der Waals surface area (Å²) in [6.07, 6.45) is 2.69. The molecule has 216 valence electrons. The molecular weight excluding hydrogens is 552 g/mol. The third kappa shape index (κ3) is 6.83. The molecule has 1 N–H and O–H groups in total. The molecular formula is C32H32N4O5S. The van der Waals surface area contributed by atoms with Gasteiger partial charge in [-0.05, 0) is 77.7 Å². The van der Waals surface area contributed by atoms with Crippen LogP contribution in [0.4, 0.5) is 0 Å². The molecule has 0 fully saturated rings. The van der Waals surface area contributed by atoms with Crippen LogP contribution in [-0.4, -0.2) is 53.9 Å². The zero-order valence-electron chi connectivity index (χ0n) is 23.7. The number of amidine groups is 2. The molecule has 0 bridgehead atoms. The van der Waals surface area contributed by atoms with Gasteiger partial charge in [-0.1, -0.05) is 50.2 Å². The molecule has 1 amide bonds. The number of fused-ring (bicyclic) bond motifs is 1. The summed E-state index contributed by atoms with van der Waals surface area (Å²) in [5.41, 5.74) is 2.08. The lowest BCUT2D eigenvalue weighted by Crippen LogP contribution is -2.35. The summed E-state index contributed by atoms with van der Waals surface area (Å²) in [6.45, 7) is 5.29. The first-order valence-corrected chi connectivity index (χ1v) is 14.5. The Morgan fingerprint density at radius 1 is 0.952 bits per heavy atom. The molecule has 0 saturated heterocycles. The van der Waals surface area contributed by atoms with Crippen molar-refractivity contribution in [3.8, 4) is 23.0 Å². The van der Waals surface area contributed by atoms with Crippen LogP contribution in [-0.2, 0) is 4.79 Å². The number of hydrazone groups is 1. The lowest BCUT2D eigenvalue weighted by Gasteiger charge is -2.20. The molecule has 1 atom stereocenters. The fourth-order valence-corrected chi connectivity index (χ4v) is 5.05. The minimum Gasteiger partial charge on any atom is -0.493 e. The number of nitrogens with zero attached hydrogens (tertiary/aromatic N) is 3. The zero-order chi connectivity index (χ0) is 29.5.